The first-order valence-electron chi connectivity index (χ1n) is 1.92. The molecule has 0 aliphatic heterocycles. The molecule has 0 aromatic rings. The van der Waals surface area contributed by atoms with Crippen molar-refractivity contribution in [3.05, 3.63) is 0 Å². The van der Waals surface area contributed by atoms with Crippen LogP contribution in [0.3, 0.4) is 0 Å². The van der Waals surface area contributed by atoms with Gasteiger partial charge in [-0.25, -0.2) is 0 Å². The third-order valence-electron chi connectivity index (χ3n) is 0.697. The minimum Gasteiger partial charge on any atom is -0.308 e. The highest BCUT2D eigenvalue weighted by molar-refractivity contribution is 7.59. The van der Waals surface area contributed by atoms with Gasteiger partial charge in [0.15, 0.2) is 7.29 Å². The van der Waals surface area contributed by atoms with Crippen LogP contribution in [0.15, 0.2) is 0 Å². The Labute approximate surface area is 43.3 Å². The molecule has 0 heterocycles. The Bertz CT molecular complexity index is 95.1. The molecule has 4 heteroatoms. The van der Waals surface area contributed by atoms with Crippen molar-refractivity contribution in [3.63, 3.8) is 0 Å². The molecule has 0 aromatic heterocycles. The fourth-order valence-electron chi connectivity index (χ4n) is 0. The molecule has 0 atom stereocenters. The Kier molecular flexibility index (Phi) is 1.99. The number of rotatable bonds is 1. The Morgan fingerprint density at radius 2 is 1.71 bits per heavy atom. The van der Waals surface area contributed by atoms with Gasteiger partial charge < -0.3 is 9.77 Å². The minimum absolute atomic E-state index is 0.743. The molecule has 0 aromatic carbocycles. The van der Waals surface area contributed by atoms with Crippen LogP contribution in [-0.4, -0.2) is 30.4 Å². The van der Waals surface area contributed by atoms with Crippen molar-refractivity contribution in [1.82, 2.24) is 4.83 Å². The summed E-state index contributed by atoms with van der Waals surface area (Å²) in [6, 6.07) is 0. The second-order valence-electron chi connectivity index (χ2n) is 1.78. The zero-order valence-electron chi connectivity index (χ0n) is 4.75. The minimum atomic E-state index is -2.35. The van der Waals surface area contributed by atoms with Gasteiger partial charge in [0.1, 0.15) is 0 Å². The van der Waals surface area contributed by atoms with Gasteiger partial charge in [-0.1, -0.05) is 0 Å². The molecule has 0 saturated heterocycles. The maximum absolute atomic E-state index is 10.6. The first-order valence-corrected chi connectivity index (χ1v) is 4.48. The second-order valence-corrected chi connectivity index (χ2v) is 4.95. The maximum atomic E-state index is 10.6. The van der Waals surface area contributed by atoms with Crippen LogP contribution in [0, 0.1) is 0 Å². The monoisotopic (exact) mass is 123 g/mol. The van der Waals surface area contributed by atoms with E-state index in [9.17, 15) is 4.57 Å². The van der Waals surface area contributed by atoms with Gasteiger partial charge in [0.05, 0.1) is 0 Å². The van der Waals surface area contributed by atoms with Crippen LogP contribution in [0.4, 0.5) is 0 Å². The first kappa shape index (κ1) is 7.15. The standard InChI is InChI=1S/C3H10NO2P/c1-4(5)7(2,3)6/h5H,1-3H3. The molecule has 7 heavy (non-hydrogen) atoms. The lowest BCUT2D eigenvalue weighted by atomic mass is 11.5. The summed E-state index contributed by atoms with van der Waals surface area (Å²) in [6.45, 7) is 2.99. The maximum Gasteiger partial charge on any atom is 0.166 e. The van der Waals surface area contributed by atoms with Crippen LogP contribution >= 0.6 is 7.29 Å². The zero-order valence-corrected chi connectivity index (χ0v) is 5.64. The van der Waals surface area contributed by atoms with E-state index < -0.39 is 7.29 Å². The summed E-state index contributed by atoms with van der Waals surface area (Å²) in [5.41, 5.74) is 0. The van der Waals surface area contributed by atoms with Crippen LogP contribution in [0.1, 0.15) is 0 Å². The topological polar surface area (TPSA) is 40.5 Å². The van der Waals surface area contributed by atoms with E-state index in [1.807, 2.05) is 0 Å². The summed E-state index contributed by atoms with van der Waals surface area (Å²) in [5.74, 6) is 0. The predicted octanol–water partition coefficient (Wildman–Crippen LogP) is 0.845. The van der Waals surface area contributed by atoms with Crippen LogP contribution in [0.2, 0.25) is 0 Å². The van der Waals surface area contributed by atoms with Gasteiger partial charge in [-0.05, 0) is 0 Å². The molecule has 0 aliphatic rings. The number of hydroxylamine groups is 1. The van der Waals surface area contributed by atoms with Crippen molar-refractivity contribution in [1.29, 1.82) is 0 Å². The molecular formula is C3H10NO2P. The lowest BCUT2D eigenvalue weighted by Gasteiger charge is -2.11. The van der Waals surface area contributed by atoms with Crippen molar-refractivity contribution in [2.75, 3.05) is 20.4 Å². The van der Waals surface area contributed by atoms with Crippen LogP contribution in [-0.2, 0) is 4.57 Å². The van der Waals surface area contributed by atoms with Gasteiger partial charge in [-0.3, -0.25) is 0 Å². The second kappa shape index (κ2) is 1.95. The van der Waals surface area contributed by atoms with E-state index in [0.717, 1.165) is 4.83 Å². The number of hydrogen-bond acceptors (Lipinski definition) is 2. The fourth-order valence-corrected chi connectivity index (χ4v) is 0. The molecule has 3 nitrogen and oxygen atoms in total. The molecule has 0 fully saturated rings. The smallest absolute Gasteiger partial charge is 0.166 e. The van der Waals surface area contributed by atoms with Gasteiger partial charge >= 0.3 is 0 Å². The quantitative estimate of drug-likeness (QED) is 0.415. The average molecular weight is 123 g/mol. The molecule has 0 unspecified atom stereocenters. The van der Waals surface area contributed by atoms with E-state index in [4.69, 9.17) is 5.21 Å². The Morgan fingerprint density at radius 1 is 1.57 bits per heavy atom. The summed E-state index contributed by atoms with van der Waals surface area (Å²) in [7, 11) is -0.973. The van der Waals surface area contributed by atoms with Gasteiger partial charge in [0.25, 0.3) is 0 Å². The van der Waals surface area contributed by atoms with Gasteiger partial charge in [0, 0.05) is 20.4 Å². The third-order valence-corrected chi connectivity index (χ3v) is 2.09. The summed E-state index contributed by atoms with van der Waals surface area (Å²) in [4.78, 5) is 0.743. The summed E-state index contributed by atoms with van der Waals surface area (Å²) in [6.07, 6.45) is 0. The molecule has 0 rings (SSSR count). The largest absolute Gasteiger partial charge is 0.308 e. The van der Waals surface area contributed by atoms with E-state index in [0.29, 0.717) is 0 Å². The van der Waals surface area contributed by atoms with Crippen molar-refractivity contribution in [3.8, 4) is 0 Å². The molecular weight excluding hydrogens is 113 g/mol. The van der Waals surface area contributed by atoms with E-state index in [1.165, 1.54) is 20.4 Å². The molecule has 0 saturated carbocycles. The molecule has 44 valence electrons. The van der Waals surface area contributed by atoms with Gasteiger partial charge in [0.2, 0.25) is 0 Å². The van der Waals surface area contributed by atoms with E-state index in [1.54, 1.807) is 0 Å². The number of hydrogen-bond donors (Lipinski definition) is 1. The van der Waals surface area contributed by atoms with Gasteiger partial charge in [-0.2, -0.15) is 0 Å². The van der Waals surface area contributed by atoms with Crippen molar-refractivity contribution >= 4 is 7.29 Å². The Balaban J connectivity index is 3.80. The lowest BCUT2D eigenvalue weighted by Crippen LogP contribution is -2.06. The average Bonchev–Trinajstić information content (AvgIpc) is 1.31. The van der Waals surface area contributed by atoms with Gasteiger partial charge in [-0.15, -0.1) is 4.83 Å². The molecule has 0 bridgehead atoms. The highest BCUT2D eigenvalue weighted by Crippen LogP contribution is 2.37. The Morgan fingerprint density at radius 3 is 1.71 bits per heavy atom. The summed E-state index contributed by atoms with van der Waals surface area (Å²) in [5, 5.41) is 8.46. The highest BCUT2D eigenvalue weighted by Gasteiger charge is 2.09. The summed E-state index contributed by atoms with van der Waals surface area (Å²) >= 11 is 0. The third kappa shape index (κ3) is 2.80. The summed E-state index contributed by atoms with van der Waals surface area (Å²) < 4.78 is 10.6. The normalized spacial score (nSPS) is 12.7. The van der Waals surface area contributed by atoms with Crippen molar-refractivity contribution in [2.45, 2.75) is 0 Å². The molecule has 0 spiro atoms. The van der Waals surface area contributed by atoms with Crippen LogP contribution in [0.25, 0.3) is 0 Å². The molecule has 0 radical (unpaired) electrons. The molecule has 0 amide bonds. The van der Waals surface area contributed by atoms with E-state index in [2.05, 4.69) is 0 Å². The fraction of sp³-hybridized carbons (Fsp3) is 1.00. The lowest BCUT2D eigenvalue weighted by molar-refractivity contribution is 0.0292. The number of nitrogens with zero attached hydrogens (tertiary/aromatic N) is 1. The van der Waals surface area contributed by atoms with Crippen molar-refractivity contribution in [2.24, 2.45) is 0 Å². The van der Waals surface area contributed by atoms with Crippen LogP contribution < -0.4 is 0 Å². The SMILES string of the molecule is CN(O)P(C)(C)=O. The molecule has 1 N–H and O–H groups in total. The molecule has 0 aliphatic carbocycles. The predicted molar refractivity (Wildman–Crippen MR) is 29.0 cm³/mol. The zero-order chi connectivity index (χ0) is 6.08. The van der Waals surface area contributed by atoms with Crippen molar-refractivity contribution < 1.29 is 9.77 Å². The van der Waals surface area contributed by atoms with Crippen LogP contribution in [0.5, 0.6) is 0 Å². The highest BCUT2D eigenvalue weighted by atomic mass is 31.2. The van der Waals surface area contributed by atoms with E-state index >= 15 is 0 Å². The Hall–Kier alpha value is 0.150. The first-order chi connectivity index (χ1) is 2.94. The van der Waals surface area contributed by atoms with E-state index in [-0.39, 0.29) is 0 Å².